The predicted molar refractivity (Wildman–Crippen MR) is 119 cm³/mol. The second-order valence-electron chi connectivity index (χ2n) is 8.69. The minimum atomic E-state index is -0.264. The minimum absolute atomic E-state index is 0.198. The molecule has 0 spiro atoms. The van der Waals surface area contributed by atoms with E-state index < -0.39 is 0 Å². The summed E-state index contributed by atoms with van der Waals surface area (Å²) in [5.74, 6) is 0.198. The van der Waals surface area contributed by atoms with Gasteiger partial charge < -0.3 is 10.0 Å². The molecule has 0 radical (unpaired) electrons. The lowest BCUT2D eigenvalue weighted by Gasteiger charge is -2.43. The van der Waals surface area contributed by atoms with Gasteiger partial charge in [0.05, 0.1) is 6.10 Å². The van der Waals surface area contributed by atoms with Gasteiger partial charge in [-0.1, -0.05) is 60.7 Å². The summed E-state index contributed by atoms with van der Waals surface area (Å²) in [4.78, 5) is 20.5. The highest BCUT2D eigenvalue weighted by Gasteiger charge is 2.36. The highest BCUT2D eigenvalue weighted by atomic mass is 16.3. The van der Waals surface area contributed by atoms with Gasteiger partial charge in [0.25, 0.3) is 0 Å². The summed E-state index contributed by atoms with van der Waals surface area (Å²) in [6, 6.07) is 20.7. The van der Waals surface area contributed by atoms with E-state index in [1.165, 1.54) is 5.56 Å². The van der Waals surface area contributed by atoms with Gasteiger partial charge in [0.15, 0.2) is 0 Å². The zero-order valence-electron chi connectivity index (χ0n) is 17.9. The predicted octanol–water partition coefficient (Wildman–Crippen LogP) is 2.57. The summed E-state index contributed by atoms with van der Waals surface area (Å²) in [5, 5.41) is 9.94. The van der Waals surface area contributed by atoms with Crippen molar-refractivity contribution < 1.29 is 9.90 Å². The lowest BCUT2D eigenvalue weighted by atomic mass is 9.97. The molecular formula is C25H33N3O2. The zero-order valence-corrected chi connectivity index (χ0v) is 17.9. The summed E-state index contributed by atoms with van der Waals surface area (Å²) in [6.45, 7) is 3.93. The number of benzene rings is 2. The van der Waals surface area contributed by atoms with E-state index in [0.717, 1.165) is 57.5 Å². The van der Waals surface area contributed by atoms with Crippen molar-refractivity contribution in [2.24, 2.45) is 0 Å². The Bertz CT molecular complexity index is 806. The van der Waals surface area contributed by atoms with Crippen molar-refractivity contribution in [3.63, 3.8) is 0 Å². The van der Waals surface area contributed by atoms with Crippen LogP contribution < -0.4 is 0 Å². The van der Waals surface area contributed by atoms with Gasteiger partial charge in [-0.3, -0.25) is 14.6 Å². The van der Waals surface area contributed by atoms with Gasteiger partial charge in [-0.25, -0.2) is 0 Å². The van der Waals surface area contributed by atoms with E-state index in [0.29, 0.717) is 6.04 Å². The molecule has 2 unspecified atom stereocenters. The third-order valence-electron chi connectivity index (χ3n) is 6.62. The molecule has 0 aliphatic carbocycles. The Kier molecular flexibility index (Phi) is 6.82. The Morgan fingerprint density at radius 2 is 1.60 bits per heavy atom. The molecule has 30 heavy (non-hydrogen) atoms. The van der Waals surface area contributed by atoms with E-state index in [1.54, 1.807) is 0 Å². The van der Waals surface area contributed by atoms with Crippen LogP contribution in [-0.2, 0) is 11.2 Å². The van der Waals surface area contributed by atoms with Crippen LogP contribution in [0, 0.1) is 0 Å². The Hall–Kier alpha value is -2.21. The number of carbonyl (C=O) groups excluding carboxylic acids is 1. The molecular weight excluding hydrogens is 374 g/mol. The number of aliphatic hydroxyl groups excluding tert-OH is 1. The Balaban J connectivity index is 1.51. The van der Waals surface area contributed by atoms with Gasteiger partial charge in [-0.2, -0.15) is 0 Å². The van der Waals surface area contributed by atoms with E-state index >= 15 is 0 Å². The third-order valence-corrected chi connectivity index (χ3v) is 6.62. The van der Waals surface area contributed by atoms with Crippen LogP contribution in [0.2, 0.25) is 0 Å². The van der Waals surface area contributed by atoms with Crippen molar-refractivity contribution in [3.05, 3.63) is 71.8 Å². The molecule has 0 aromatic heterocycles. The Labute approximate surface area is 179 Å². The maximum Gasteiger partial charge on any atom is 0.244 e. The van der Waals surface area contributed by atoms with Crippen LogP contribution in [0.5, 0.6) is 0 Å². The summed E-state index contributed by atoms with van der Waals surface area (Å²) in [7, 11) is 2.16. The maximum absolute atomic E-state index is 13.8. The SMILES string of the molecule is CN1CCN(C(=O)C(c2ccccc2)N2CCC(O)CC2)CC1Cc1ccccc1. The molecule has 0 bridgehead atoms. The first kappa shape index (κ1) is 21.0. The lowest BCUT2D eigenvalue weighted by Crippen LogP contribution is -2.56. The number of hydrogen-bond donors (Lipinski definition) is 1. The second kappa shape index (κ2) is 9.73. The largest absolute Gasteiger partial charge is 0.393 e. The minimum Gasteiger partial charge on any atom is -0.393 e. The Morgan fingerprint density at radius 1 is 0.967 bits per heavy atom. The van der Waals surface area contributed by atoms with Gasteiger partial charge in [0.1, 0.15) is 6.04 Å². The van der Waals surface area contributed by atoms with E-state index in [1.807, 2.05) is 24.3 Å². The summed E-state index contributed by atoms with van der Waals surface area (Å²) in [6.07, 6.45) is 2.17. The van der Waals surface area contributed by atoms with Crippen molar-refractivity contribution in [2.75, 3.05) is 39.8 Å². The molecule has 2 heterocycles. The highest BCUT2D eigenvalue weighted by Crippen LogP contribution is 2.28. The third kappa shape index (κ3) is 4.91. The fourth-order valence-electron chi connectivity index (χ4n) is 4.71. The average molecular weight is 408 g/mol. The first-order valence-corrected chi connectivity index (χ1v) is 11.1. The highest BCUT2D eigenvalue weighted by molar-refractivity contribution is 5.83. The molecule has 2 aromatic rings. The molecule has 0 saturated carbocycles. The molecule has 4 rings (SSSR count). The maximum atomic E-state index is 13.8. The van der Waals surface area contributed by atoms with Gasteiger partial charge in [0, 0.05) is 38.8 Å². The van der Waals surface area contributed by atoms with Crippen molar-refractivity contribution in [1.29, 1.82) is 0 Å². The molecule has 1 N–H and O–H groups in total. The van der Waals surface area contributed by atoms with Crippen LogP contribution in [-0.4, -0.2) is 77.6 Å². The molecule has 1 amide bonds. The van der Waals surface area contributed by atoms with Crippen molar-refractivity contribution in [1.82, 2.24) is 14.7 Å². The normalized spacial score (nSPS) is 22.7. The van der Waals surface area contributed by atoms with E-state index in [-0.39, 0.29) is 18.1 Å². The van der Waals surface area contributed by atoms with Gasteiger partial charge >= 0.3 is 0 Å². The molecule has 2 atom stereocenters. The number of likely N-dealkylation sites (N-methyl/N-ethyl adjacent to an activating group) is 1. The number of piperidine rings is 1. The molecule has 2 saturated heterocycles. The molecule has 160 valence electrons. The number of rotatable bonds is 5. The molecule has 5 nitrogen and oxygen atoms in total. The summed E-state index contributed by atoms with van der Waals surface area (Å²) in [5.41, 5.74) is 2.37. The fraction of sp³-hybridized carbons (Fsp3) is 0.480. The monoisotopic (exact) mass is 407 g/mol. The van der Waals surface area contributed by atoms with Crippen LogP contribution >= 0.6 is 0 Å². The first-order chi connectivity index (χ1) is 14.6. The van der Waals surface area contributed by atoms with Gasteiger partial charge in [-0.05, 0) is 37.4 Å². The molecule has 5 heteroatoms. The molecule has 2 aliphatic rings. The van der Waals surface area contributed by atoms with E-state index in [4.69, 9.17) is 0 Å². The number of aliphatic hydroxyl groups is 1. The molecule has 2 fully saturated rings. The first-order valence-electron chi connectivity index (χ1n) is 11.1. The smallest absolute Gasteiger partial charge is 0.244 e. The number of piperazine rings is 1. The summed E-state index contributed by atoms with van der Waals surface area (Å²) >= 11 is 0. The number of nitrogens with zero attached hydrogens (tertiary/aromatic N) is 3. The van der Waals surface area contributed by atoms with Crippen LogP contribution in [0.3, 0.4) is 0 Å². The van der Waals surface area contributed by atoms with Crippen molar-refractivity contribution in [3.8, 4) is 0 Å². The quantitative estimate of drug-likeness (QED) is 0.828. The van der Waals surface area contributed by atoms with E-state index in [2.05, 4.69) is 58.1 Å². The zero-order chi connectivity index (χ0) is 20.9. The fourth-order valence-corrected chi connectivity index (χ4v) is 4.71. The van der Waals surface area contributed by atoms with Crippen LogP contribution in [0.25, 0.3) is 0 Å². The second-order valence-corrected chi connectivity index (χ2v) is 8.69. The average Bonchev–Trinajstić information content (AvgIpc) is 2.78. The summed E-state index contributed by atoms with van der Waals surface area (Å²) < 4.78 is 0. The van der Waals surface area contributed by atoms with Gasteiger partial charge in [0.2, 0.25) is 5.91 Å². The molecule has 2 aromatic carbocycles. The topological polar surface area (TPSA) is 47.0 Å². The van der Waals surface area contributed by atoms with Crippen molar-refractivity contribution >= 4 is 5.91 Å². The standard InChI is InChI=1S/C25H33N3O2/c1-26-16-17-28(19-22(26)18-20-8-4-2-5-9-20)25(30)24(21-10-6-3-7-11-21)27-14-12-23(29)13-15-27/h2-11,22-24,29H,12-19H2,1H3. The number of carbonyl (C=O) groups is 1. The van der Waals surface area contributed by atoms with Crippen LogP contribution in [0.4, 0.5) is 0 Å². The molecule has 2 aliphatic heterocycles. The van der Waals surface area contributed by atoms with Crippen molar-refractivity contribution in [2.45, 2.75) is 37.5 Å². The number of hydrogen-bond acceptors (Lipinski definition) is 4. The van der Waals surface area contributed by atoms with Crippen LogP contribution in [0.1, 0.15) is 30.0 Å². The van der Waals surface area contributed by atoms with E-state index in [9.17, 15) is 9.90 Å². The van der Waals surface area contributed by atoms with Crippen LogP contribution in [0.15, 0.2) is 60.7 Å². The number of amides is 1. The Morgan fingerprint density at radius 3 is 2.27 bits per heavy atom. The lowest BCUT2D eigenvalue weighted by molar-refractivity contribution is -0.141. The number of likely N-dealkylation sites (tertiary alicyclic amines) is 1. The van der Waals surface area contributed by atoms with Gasteiger partial charge in [-0.15, -0.1) is 0 Å².